The Morgan fingerprint density at radius 1 is 0.578 bits per heavy atom. The molecule has 10 atom stereocenters. The van der Waals surface area contributed by atoms with Gasteiger partial charge in [-0.25, -0.2) is 35.2 Å². The molecule has 31 heteroatoms. The lowest BCUT2D eigenvalue weighted by molar-refractivity contribution is -0.140. The number of halogens is 3. The van der Waals surface area contributed by atoms with Crippen LogP contribution in [0.2, 0.25) is 5.35 Å². The van der Waals surface area contributed by atoms with Crippen LogP contribution >= 0.6 is 11.6 Å². The number of nitrogens with zero attached hydrogens (tertiary/aromatic N) is 6. The molecule has 0 bridgehead atoms. The van der Waals surface area contributed by atoms with Crippen LogP contribution in [0.15, 0.2) is 118 Å². The van der Waals surface area contributed by atoms with Crippen molar-refractivity contribution >= 4 is 107 Å². The van der Waals surface area contributed by atoms with Gasteiger partial charge in [0.1, 0.15) is 40.9 Å². The molecule has 10 aliphatic rings. The maximum absolute atomic E-state index is 14.6. The second-order valence-electron chi connectivity index (χ2n) is 31.3. The number of nitrogens with two attached hydrogens (primary N) is 1. The highest BCUT2D eigenvalue weighted by Crippen LogP contribution is 2.59. The van der Waals surface area contributed by atoms with Crippen LogP contribution in [-0.4, -0.2) is 153 Å². The molecular formula is C78H89ClF2N10O16S2. The summed E-state index contributed by atoms with van der Waals surface area (Å²) in [6, 6.07) is 20.4. The number of aromatic nitrogens is 2. The summed E-state index contributed by atoms with van der Waals surface area (Å²) in [7, 11) is -7.88. The van der Waals surface area contributed by atoms with E-state index >= 15 is 0 Å². The van der Waals surface area contributed by atoms with Crippen LogP contribution in [0, 0.1) is 34.3 Å². The number of benzene rings is 4. The SMILES string of the molecule is CC1(S(=O)(=O)NC(=O)[C@]23CC(=O)[C@@H]4C[C@@H](OC(=O)N5Cc6cccc(F)c6C5)CN4C(=O)[C@@H](N)CCCCC/C=C\[C@@H]2C3)CC1.CC1(S(=O)(=O)NC(=O)[C@]23CC(=O)[C@@H]4C[C@@H](OC(=O)N5Cc6cccc(F)c6C5)CN4C(=O)[C@@H](Nc4nc5ccccc5o4)CCCCC/C=C\[C@@H]2C3)CC1.Clc1nc2ccccc2o1. The first-order chi connectivity index (χ1) is 52.0. The van der Waals surface area contributed by atoms with Crippen molar-refractivity contribution in [3.63, 3.8) is 0 Å². The highest BCUT2D eigenvalue weighted by Gasteiger charge is 2.65. The number of sulfonamides is 2. The van der Waals surface area contributed by atoms with Crippen molar-refractivity contribution in [2.45, 2.75) is 214 Å². The van der Waals surface area contributed by atoms with E-state index in [1.54, 1.807) is 50.2 Å². The number of nitrogens with one attached hydrogen (secondary N) is 3. The Bertz CT molecular complexity index is 4830. The lowest BCUT2D eigenvalue weighted by Gasteiger charge is -2.29. The number of anilines is 1. The van der Waals surface area contributed by atoms with E-state index in [2.05, 4.69) is 24.7 Å². The van der Waals surface area contributed by atoms with E-state index in [-0.39, 0.29) is 88.2 Å². The number of hydrogen-bond acceptors (Lipinski definition) is 20. The Morgan fingerprint density at radius 3 is 1.50 bits per heavy atom. The van der Waals surface area contributed by atoms with Gasteiger partial charge in [-0.2, -0.15) is 9.97 Å². The first-order valence-corrected chi connectivity index (χ1v) is 40.9. The predicted molar refractivity (Wildman–Crippen MR) is 395 cm³/mol. The van der Waals surface area contributed by atoms with Crippen LogP contribution in [0.3, 0.4) is 0 Å². The Hall–Kier alpha value is -9.13. The van der Waals surface area contributed by atoms with Crippen LogP contribution in [-0.2, 0) is 84.5 Å². The van der Waals surface area contributed by atoms with E-state index in [0.717, 1.165) is 56.0 Å². The monoisotopic (exact) mass is 1560 g/mol. The molecule has 26 nitrogen and oxygen atoms in total. The molecule has 6 fully saturated rings. The summed E-state index contributed by atoms with van der Waals surface area (Å²) in [6.07, 6.45) is 13.7. The average Bonchev–Trinajstić information content (AvgIpc) is 1.57. The van der Waals surface area contributed by atoms with Gasteiger partial charge in [-0.1, -0.05) is 98.5 Å². The van der Waals surface area contributed by atoms with Crippen LogP contribution in [0.5, 0.6) is 0 Å². The van der Waals surface area contributed by atoms with Crippen molar-refractivity contribution in [1.29, 1.82) is 0 Å². The van der Waals surface area contributed by atoms with E-state index < -0.39 is 136 Å². The lowest BCUT2D eigenvalue weighted by atomic mass is 9.91. The van der Waals surface area contributed by atoms with Gasteiger partial charge in [0, 0.05) is 49.9 Å². The third kappa shape index (κ3) is 16.3. The number of oxazole rings is 2. The Kier molecular flexibility index (Phi) is 21.5. The molecule has 0 spiro atoms. The van der Waals surface area contributed by atoms with Gasteiger partial charge in [-0.05, 0) is 162 Å². The Balaban J connectivity index is 0.000000163. The molecular weight excluding hydrogens is 1470 g/mol. The van der Waals surface area contributed by atoms with Gasteiger partial charge in [-0.3, -0.25) is 48.0 Å². The molecule has 5 N–H and O–H groups in total. The summed E-state index contributed by atoms with van der Waals surface area (Å²) >= 11 is 5.51. The number of rotatable bonds is 10. The number of ketones is 2. The van der Waals surface area contributed by atoms with Crippen molar-refractivity contribution in [2.24, 2.45) is 28.4 Å². The first kappa shape index (κ1) is 76.6. The molecule has 4 aromatic carbocycles. The minimum absolute atomic E-state index is 0.0182. The van der Waals surface area contributed by atoms with Crippen molar-refractivity contribution in [1.82, 2.24) is 39.0 Å². The smallest absolute Gasteiger partial charge is 0.410 e. The summed E-state index contributed by atoms with van der Waals surface area (Å²) < 4.78 is 106. The van der Waals surface area contributed by atoms with Crippen LogP contribution < -0.4 is 20.5 Å². The molecule has 6 amide bonds. The molecule has 0 unspecified atom stereocenters. The predicted octanol–water partition coefficient (Wildman–Crippen LogP) is 10.9. The fraction of sp³-hybridized carbons (Fsp3) is 0.513. The Labute approximate surface area is 634 Å². The zero-order chi connectivity index (χ0) is 77.0. The maximum atomic E-state index is 14.6. The van der Waals surface area contributed by atoms with Gasteiger partial charge in [-0.15, -0.1) is 0 Å². The van der Waals surface area contributed by atoms with Gasteiger partial charge >= 0.3 is 12.2 Å². The van der Waals surface area contributed by atoms with Crippen LogP contribution in [0.1, 0.15) is 165 Å². The second kappa shape index (κ2) is 30.6. The number of ether oxygens (including phenoxy) is 2. The summed E-state index contributed by atoms with van der Waals surface area (Å²) in [4.78, 5) is 125. The molecule has 2 aromatic heterocycles. The largest absolute Gasteiger partial charge is 0.444 e. The van der Waals surface area contributed by atoms with E-state index in [9.17, 15) is 64.0 Å². The summed E-state index contributed by atoms with van der Waals surface area (Å²) in [5.74, 6) is -4.53. The summed E-state index contributed by atoms with van der Waals surface area (Å²) in [6.45, 7) is 3.49. The van der Waals surface area contributed by atoms with Gasteiger partial charge in [0.25, 0.3) is 11.4 Å². The molecule has 109 heavy (non-hydrogen) atoms. The fourth-order valence-electron chi connectivity index (χ4n) is 15.9. The number of fused-ring (bicyclic) bond motifs is 8. The van der Waals surface area contributed by atoms with Crippen molar-refractivity contribution in [3.05, 3.63) is 148 Å². The normalized spacial score (nSPS) is 28.3. The van der Waals surface area contributed by atoms with Crippen LogP contribution in [0.25, 0.3) is 22.2 Å². The first-order valence-electron chi connectivity index (χ1n) is 37.5. The number of Topliss-reactive ketones (excluding diaryl/α,β-unsaturated/α-hetero) is 2. The summed E-state index contributed by atoms with van der Waals surface area (Å²) in [5.41, 5.74) is 8.66. The van der Waals surface area contributed by atoms with Crippen molar-refractivity contribution in [2.75, 3.05) is 18.4 Å². The lowest BCUT2D eigenvalue weighted by Crippen LogP contribution is -2.50. The number of para-hydroxylation sites is 4. The van der Waals surface area contributed by atoms with E-state index in [1.165, 1.54) is 31.7 Å². The molecule has 0 radical (unpaired) electrons. The topological polar surface area (TPSA) is 350 Å². The highest BCUT2D eigenvalue weighted by molar-refractivity contribution is 7.92. The standard InChI is InChI=1S/C39H44FN5O8S.C32H41FN4O7S.C7H4ClNO/c1-38(16-17-38)54(50,51)43-35(48)39-19-25(39)11-5-3-2-4-6-14-30(42-36-41-29-13-7-8-15-33(29)53-36)34(47)45-22-26(18-31(45)32(46)20-39)52-37(49)44-21-24-10-9-12-28(40)27(24)23-44;1-31(12-13-31)45(42,43)35-29(40)32-15-21(32)9-5-3-2-4-6-11-25(34)28(39)37-18-22(14-26(37)27(38)16-32)44-30(41)36-17-20-8-7-10-24(33)23(20)19-36;8-7-9-5-3-1-2-4-6(5)10-7/h5,7-13,15,25-26,30-31H,2-4,6,14,16-23H2,1H3,(H,41,42)(H,43,48);5,7-10,21-22,25-26H,2-4,6,11-19,34H2,1H3,(H,35,40);1-4H/b11-5-;9-5-;/t25-,26-,30+,31+,39-;21-,22-,25+,26+,32-;/m11./s1. The Morgan fingerprint density at radius 2 is 1.04 bits per heavy atom. The second-order valence-corrected chi connectivity index (χ2v) is 36.0. The average molecular weight is 1560 g/mol. The summed E-state index contributed by atoms with van der Waals surface area (Å²) in [5, 5.41) is 3.36. The zero-order valence-electron chi connectivity index (χ0n) is 60.6. The third-order valence-corrected chi connectivity index (χ3v) is 28.0. The van der Waals surface area contributed by atoms with E-state index in [4.69, 9.17) is 35.6 Å². The van der Waals surface area contributed by atoms with E-state index in [0.29, 0.717) is 91.1 Å². The molecule has 4 aliphatic carbocycles. The van der Waals surface area contributed by atoms with Crippen molar-refractivity contribution < 1.29 is 82.3 Å². The quantitative estimate of drug-likeness (QED) is 0.0926. The zero-order valence-corrected chi connectivity index (χ0v) is 63.0. The van der Waals surface area contributed by atoms with Crippen LogP contribution in [0.4, 0.5) is 24.4 Å². The minimum atomic E-state index is -3.96. The van der Waals surface area contributed by atoms with Gasteiger partial charge in [0.2, 0.25) is 43.7 Å². The molecule has 2 saturated heterocycles. The molecule has 6 aromatic rings. The molecule has 4 saturated carbocycles. The molecule has 6 aliphatic heterocycles. The number of carbonyl (C=O) groups excluding carboxylic acids is 8. The number of amides is 6. The van der Waals surface area contributed by atoms with E-state index in [1.807, 2.05) is 60.7 Å². The highest BCUT2D eigenvalue weighted by atomic mass is 35.5. The fourth-order valence-corrected chi connectivity index (χ4v) is 18.7. The molecule has 8 heterocycles. The maximum Gasteiger partial charge on any atom is 0.410 e. The number of hydrogen-bond donors (Lipinski definition) is 4. The molecule has 580 valence electrons. The van der Waals surface area contributed by atoms with Gasteiger partial charge < -0.3 is 39.2 Å². The molecule has 16 rings (SSSR count). The van der Waals surface area contributed by atoms with Gasteiger partial charge in [0.15, 0.2) is 22.7 Å². The third-order valence-electron chi connectivity index (χ3n) is 23.5. The number of carbonyl (C=O) groups is 8. The van der Waals surface area contributed by atoms with Crippen molar-refractivity contribution in [3.8, 4) is 0 Å². The van der Waals surface area contributed by atoms with Gasteiger partial charge in [0.05, 0.1) is 64.6 Å². The minimum Gasteiger partial charge on any atom is -0.444 e. The number of allylic oxidation sites excluding steroid dienone is 4.